The highest BCUT2D eigenvalue weighted by Gasteiger charge is 2.19. The predicted molar refractivity (Wildman–Crippen MR) is 177 cm³/mol. The molecule has 0 atom stereocenters. The normalized spacial score (nSPS) is 11.4. The first-order chi connectivity index (χ1) is 19.7. The molecule has 6 heteroatoms. The van der Waals surface area contributed by atoms with Crippen LogP contribution in [-0.2, 0) is 13.0 Å². The average molecular weight is 617 g/mol. The smallest absolute Gasteiger partial charge is 0.144 e. The van der Waals surface area contributed by atoms with Crippen molar-refractivity contribution in [2.24, 2.45) is 0 Å². The zero-order chi connectivity index (χ0) is 29.7. The zero-order valence-corrected chi connectivity index (χ0v) is 26.7. The lowest BCUT2D eigenvalue weighted by atomic mass is 10.1. The first-order valence-electron chi connectivity index (χ1n) is 14.4. The van der Waals surface area contributed by atoms with Crippen molar-refractivity contribution in [1.82, 2.24) is 14.4 Å². The maximum Gasteiger partial charge on any atom is 0.144 e. The van der Waals surface area contributed by atoms with Gasteiger partial charge in [-0.25, -0.2) is 0 Å². The van der Waals surface area contributed by atoms with Gasteiger partial charge in [-0.1, -0.05) is 62.4 Å². The molecule has 1 heterocycles. The predicted octanol–water partition coefficient (Wildman–Crippen LogP) is 8.21. The SMILES string of the molecule is CC.Cc1cc(Br)c(O)c(CCN(CCN(C)C)Cc2cc(C)cc(-n3c4ccccc4c4ccccc43)c2O)c1. The Kier molecular flexibility index (Phi) is 10.1. The molecule has 0 unspecified atom stereocenters. The van der Waals surface area contributed by atoms with Crippen molar-refractivity contribution in [2.75, 3.05) is 33.7 Å². The number of para-hydroxylation sites is 2. The van der Waals surface area contributed by atoms with E-state index in [0.29, 0.717) is 24.5 Å². The summed E-state index contributed by atoms with van der Waals surface area (Å²) in [5.41, 5.74) is 7.01. The standard InChI is InChI=1S/C33H36BrN3O2.C2H6/c1-22-17-24(32(38)28(34)19-22)13-14-36(16-15-35(3)4)21-25-18-23(2)20-31(33(25)39)37-29-11-7-5-9-26(29)27-10-6-8-12-30(27)37;1-2/h5-12,17-20,38-39H,13-16,21H2,1-4H3;1-2H3. The number of fused-ring (bicyclic) bond motifs is 3. The molecule has 0 fully saturated rings. The summed E-state index contributed by atoms with van der Waals surface area (Å²) in [5.74, 6) is 0.614. The maximum atomic E-state index is 11.7. The minimum Gasteiger partial charge on any atom is -0.506 e. The van der Waals surface area contributed by atoms with Gasteiger partial charge in [-0.15, -0.1) is 0 Å². The van der Waals surface area contributed by atoms with Gasteiger partial charge in [-0.2, -0.15) is 0 Å². The van der Waals surface area contributed by atoms with E-state index in [1.807, 2.05) is 39.0 Å². The van der Waals surface area contributed by atoms with Crippen LogP contribution in [0.15, 0.2) is 77.3 Å². The molecule has 2 N–H and O–H groups in total. The van der Waals surface area contributed by atoms with Crippen LogP contribution < -0.4 is 0 Å². The van der Waals surface area contributed by atoms with Crippen molar-refractivity contribution in [1.29, 1.82) is 0 Å². The molecule has 0 aliphatic heterocycles. The van der Waals surface area contributed by atoms with E-state index < -0.39 is 0 Å². The monoisotopic (exact) mass is 615 g/mol. The zero-order valence-electron chi connectivity index (χ0n) is 25.1. The van der Waals surface area contributed by atoms with Crippen molar-refractivity contribution >= 4 is 37.7 Å². The number of aryl methyl sites for hydroxylation is 2. The molecule has 1 aromatic heterocycles. The maximum absolute atomic E-state index is 11.7. The number of hydrogen-bond acceptors (Lipinski definition) is 4. The minimum absolute atomic E-state index is 0.306. The lowest BCUT2D eigenvalue weighted by Crippen LogP contribution is -2.33. The molecule has 0 amide bonds. The number of aromatic hydroxyl groups is 2. The van der Waals surface area contributed by atoms with Crippen LogP contribution in [0.2, 0.25) is 0 Å². The van der Waals surface area contributed by atoms with E-state index in [-0.39, 0.29) is 0 Å². The topological polar surface area (TPSA) is 51.9 Å². The first-order valence-corrected chi connectivity index (χ1v) is 15.2. The summed E-state index contributed by atoms with van der Waals surface area (Å²) >= 11 is 3.48. The summed E-state index contributed by atoms with van der Waals surface area (Å²) in [4.78, 5) is 4.53. The number of benzene rings is 4. The Balaban J connectivity index is 0.00000189. The molecule has 0 saturated heterocycles. The fourth-order valence-electron chi connectivity index (χ4n) is 5.43. The Morgan fingerprint density at radius 1 is 0.707 bits per heavy atom. The summed E-state index contributed by atoms with van der Waals surface area (Å²) < 4.78 is 2.91. The van der Waals surface area contributed by atoms with Gasteiger partial charge >= 0.3 is 0 Å². The van der Waals surface area contributed by atoms with Gasteiger partial charge in [0.05, 0.1) is 21.2 Å². The molecule has 5 nitrogen and oxygen atoms in total. The van der Waals surface area contributed by atoms with Gasteiger partial charge in [0.2, 0.25) is 0 Å². The number of aromatic nitrogens is 1. The Morgan fingerprint density at radius 2 is 1.27 bits per heavy atom. The Labute approximate surface area is 252 Å². The second kappa shape index (κ2) is 13.6. The van der Waals surface area contributed by atoms with Crippen LogP contribution in [0.25, 0.3) is 27.5 Å². The average Bonchev–Trinajstić information content (AvgIpc) is 3.29. The van der Waals surface area contributed by atoms with Gasteiger partial charge in [-0.05, 0) is 91.2 Å². The van der Waals surface area contributed by atoms with Crippen molar-refractivity contribution in [3.63, 3.8) is 0 Å². The van der Waals surface area contributed by atoms with Crippen molar-refractivity contribution in [3.8, 4) is 17.2 Å². The molecule has 0 bridgehead atoms. The van der Waals surface area contributed by atoms with E-state index in [1.165, 1.54) is 10.8 Å². The lowest BCUT2D eigenvalue weighted by molar-refractivity contribution is 0.233. The Morgan fingerprint density at radius 3 is 1.88 bits per heavy atom. The van der Waals surface area contributed by atoms with E-state index in [4.69, 9.17) is 0 Å². The fourth-order valence-corrected chi connectivity index (χ4v) is 6.05. The molecule has 41 heavy (non-hydrogen) atoms. The van der Waals surface area contributed by atoms with Gasteiger partial charge in [0.15, 0.2) is 0 Å². The molecule has 4 aromatic carbocycles. The number of phenolic OH excluding ortho intramolecular Hbond substituents is 2. The second-order valence-corrected chi connectivity index (χ2v) is 11.6. The molecule has 0 aliphatic rings. The molecular weight excluding hydrogens is 574 g/mol. The number of hydrogen-bond donors (Lipinski definition) is 2. The third-order valence-electron chi connectivity index (χ3n) is 7.38. The van der Waals surface area contributed by atoms with E-state index in [0.717, 1.165) is 63.1 Å². The molecule has 5 rings (SSSR count). The van der Waals surface area contributed by atoms with Crippen LogP contribution in [-0.4, -0.2) is 58.3 Å². The largest absolute Gasteiger partial charge is 0.506 e. The highest BCUT2D eigenvalue weighted by atomic mass is 79.9. The highest BCUT2D eigenvalue weighted by Crippen LogP contribution is 2.37. The van der Waals surface area contributed by atoms with E-state index in [2.05, 4.69) is 106 Å². The molecule has 0 aliphatic carbocycles. The summed E-state index contributed by atoms with van der Waals surface area (Å²) in [6, 6.07) is 24.9. The van der Waals surface area contributed by atoms with E-state index >= 15 is 0 Å². The number of rotatable bonds is 9. The molecule has 5 aromatic rings. The summed E-state index contributed by atoms with van der Waals surface area (Å²) in [5, 5.41) is 24.7. The lowest BCUT2D eigenvalue weighted by Gasteiger charge is -2.26. The van der Waals surface area contributed by atoms with Gasteiger partial charge in [0.25, 0.3) is 0 Å². The van der Waals surface area contributed by atoms with Crippen LogP contribution in [0.1, 0.15) is 36.1 Å². The number of phenols is 2. The number of likely N-dealkylation sites (N-methyl/N-ethyl adjacent to an activating group) is 1. The van der Waals surface area contributed by atoms with Gasteiger partial charge < -0.3 is 19.7 Å². The third kappa shape index (κ3) is 6.78. The first kappa shape index (κ1) is 30.6. The Bertz CT molecular complexity index is 1590. The summed E-state index contributed by atoms with van der Waals surface area (Å²) in [6.07, 6.45) is 0.714. The minimum atomic E-state index is 0.306. The summed E-state index contributed by atoms with van der Waals surface area (Å²) in [6.45, 7) is 11.2. The van der Waals surface area contributed by atoms with E-state index in [1.54, 1.807) is 0 Å². The van der Waals surface area contributed by atoms with E-state index in [9.17, 15) is 10.2 Å². The number of nitrogens with zero attached hydrogens (tertiary/aromatic N) is 3. The third-order valence-corrected chi connectivity index (χ3v) is 7.98. The van der Waals surface area contributed by atoms with Crippen LogP contribution in [0.5, 0.6) is 11.5 Å². The Hall–Kier alpha value is -3.32. The quantitative estimate of drug-likeness (QED) is 0.175. The fraction of sp³-hybridized carbons (Fsp3) is 0.314. The molecule has 0 saturated carbocycles. The van der Waals surface area contributed by atoms with Crippen LogP contribution >= 0.6 is 15.9 Å². The van der Waals surface area contributed by atoms with Gasteiger partial charge in [0.1, 0.15) is 11.5 Å². The van der Waals surface area contributed by atoms with Crippen molar-refractivity contribution in [3.05, 3.63) is 99.5 Å². The highest BCUT2D eigenvalue weighted by molar-refractivity contribution is 9.10. The molecular formula is C35H42BrN3O2. The number of halogens is 1. The van der Waals surface area contributed by atoms with Crippen LogP contribution in [0.3, 0.4) is 0 Å². The van der Waals surface area contributed by atoms with Crippen molar-refractivity contribution in [2.45, 2.75) is 40.7 Å². The van der Waals surface area contributed by atoms with Crippen LogP contribution in [0.4, 0.5) is 0 Å². The summed E-state index contributed by atoms with van der Waals surface area (Å²) in [7, 11) is 4.15. The van der Waals surface area contributed by atoms with Gasteiger partial charge in [-0.3, -0.25) is 4.90 Å². The molecule has 216 valence electrons. The van der Waals surface area contributed by atoms with Gasteiger partial charge in [0, 0.05) is 42.5 Å². The van der Waals surface area contributed by atoms with Crippen LogP contribution in [0, 0.1) is 13.8 Å². The second-order valence-electron chi connectivity index (χ2n) is 10.7. The molecule has 0 spiro atoms. The molecule has 0 radical (unpaired) electrons. The van der Waals surface area contributed by atoms with Crippen molar-refractivity contribution < 1.29 is 10.2 Å².